The van der Waals surface area contributed by atoms with Crippen LogP contribution in [0.25, 0.3) is 12.2 Å². The van der Waals surface area contributed by atoms with Crippen LogP contribution in [0.5, 0.6) is 5.75 Å². The fraction of sp³-hybridized carbons (Fsp3) is 0.125. The van der Waals surface area contributed by atoms with Gasteiger partial charge in [0.15, 0.2) is 6.29 Å². The maximum atomic E-state index is 13.0. The van der Waals surface area contributed by atoms with Crippen molar-refractivity contribution in [2.75, 3.05) is 0 Å². The highest BCUT2D eigenvalue weighted by Crippen LogP contribution is 2.36. The topological polar surface area (TPSA) is 26.3 Å². The zero-order valence-electron chi connectivity index (χ0n) is 16.4. The molecule has 0 saturated carbocycles. The lowest BCUT2D eigenvalue weighted by molar-refractivity contribution is -0.143. The molecule has 0 spiro atoms. The number of aldehydes is 1. The predicted molar refractivity (Wildman–Crippen MR) is 108 cm³/mol. The maximum Gasteiger partial charge on any atom is 0.416 e. The van der Waals surface area contributed by atoms with Crippen LogP contribution in [-0.2, 0) is 19.0 Å². The van der Waals surface area contributed by atoms with E-state index < -0.39 is 23.5 Å². The standard InChI is InChI=1S/C24H16F6O2/c25-23(26,27)20-11-18(12-21(13-20)24(28,29)30)7-6-16-8-9-22(19(10-16)14-31)32-15-17-4-2-1-3-5-17/h1-14H,15H2/b7-6+. The van der Waals surface area contributed by atoms with E-state index in [2.05, 4.69) is 0 Å². The SMILES string of the molecule is O=Cc1cc(/C=C/c2cc(C(F)(F)F)cc(C(F)(F)F)c2)ccc1OCc1ccccc1. The Bertz CT molecular complexity index is 1080. The summed E-state index contributed by atoms with van der Waals surface area (Å²) in [6.07, 6.45) is -6.84. The van der Waals surface area contributed by atoms with Crippen LogP contribution in [0.3, 0.4) is 0 Å². The number of hydrogen-bond acceptors (Lipinski definition) is 2. The molecule has 3 aromatic carbocycles. The number of rotatable bonds is 6. The Morgan fingerprint density at radius 2 is 1.31 bits per heavy atom. The third-order valence-electron chi connectivity index (χ3n) is 4.48. The van der Waals surface area contributed by atoms with Gasteiger partial charge in [0.2, 0.25) is 0 Å². The van der Waals surface area contributed by atoms with Gasteiger partial charge in [0.05, 0.1) is 16.7 Å². The van der Waals surface area contributed by atoms with Crippen molar-refractivity contribution in [3.8, 4) is 5.75 Å². The molecule has 0 atom stereocenters. The molecular formula is C24H16F6O2. The second-order valence-electron chi connectivity index (χ2n) is 6.86. The van der Waals surface area contributed by atoms with Crippen LogP contribution in [0.2, 0.25) is 0 Å². The monoisotopic (exact) mass is 450 g/mol. The summed E-state index contributed by atoms with van der Waals surface area (Å²) in [6, 6.07) is 15.0. The minimum Gasteiger partial charge on any atom is -0.488 e. The molecule has 3 rings (SSSR count). The van der Waals surface area contributed by atoms with Crippen LogP contribution in [0.4, 0.5) is 26.3 Å². The van der Waals surface area contributed by atoms with Crippen molar-refractivity contribution in [2.45, 2.75) is 19.0 Å². The predicted octanol–water partition coefficient (Wildman–Crippen LogP) is 7.29. The first kappa shape index (κ1) is 23.1. The molecule has 2 nitrogen and oxygen atoms in total. The molecule has 0 aromatic heterocycles. The molecule has 0 saturated heterocycles. The Hall–Kier alpha value is -3.55. The van der Waals surface area contributed by atoms with E-state index in [1.807, 2.05) is 30.3 Å². The molecule has 32 heavy (non-hydrogen) atoms. The van der Waals surface area contributed by atoms with Crippen molar-refractivity contribution in [1.82, 2.24) is 0 Å². The van der Waals surface area contributed by atoms with Gasteiger partial charge in [-0.3, -0.25) is 4.79 Å². The number of ether oxygens (including phenoxy) is 1. The Morgan fingerprint density at radius 3 is 1.88 bits per heavy atom. The maximum absolute atomic E-state index is 13.0. The van der Waals surface area contributed by atoms with Crippen LogP contribution < -0.4 is 4.74 Å². The van der Waals surface area contributed by atoms with Crippen molar-refractivity contribution in [3.05, 3.63) is 100 Å². The number of benzene rings is 3. The van der Waals surface area contributed by atoms with Crippen molar-refractivity contribution in [1.29, 1.82) is 0 Å². The van der Waals surface area contributed by atoms with Gasteiger partial charge in [0.25, 0.3) is 0 Å². The minimum absolute atomic E-state index is 0.0701. The molecule has 0 fully saturated rings. The molecular weight excluding hydrogens is 434 g/mol. The number of carbonyl (C=O) groups is 1. The lowest BCUT2D eigenvalue weighted by Crippen LogP contribution is -2.11. The zero-order valence-corrected chi connectivity index (χ0v) is 16.4. The molecule has 8 heteroatoms. The summed E-state index contributed by atoms with van der Waals surface area (Å²) >= 11 is 0. The van der Waals surface area contributed by atoms with E-state index in [4.69, 9.17) is 4.74 Å². The summed E-state index contributed by atoms with van der Waals surface area (Å²) in [4.78, 5) is 11.4. The molecule has 0 aliphatic rings. The fourth-order valence-corrected chi connectivity index (χ4v) is 2.90. The minimum atomic E-state index is -4.92. The molecule has 0 aliphatic carbocycles. The summed E-state index contributed by atoms with van der Waals surface area (Å²) in [6.45, 7) is 0.224. The molecule has 0 unspecified atom stereocenters. The van der Waals surface area contributed by atoms with Gasteiger partial charge >= 0.3 is 12.4 Å². The van der Waals surface area contributed by atoms with Crippen molar-refractivity contribution in [2.24, 2.45) is 0 Å². The van der Waals surface area contributed by atoms with Gasteiger partial charge in [-0.05, 0) is 47.0 Å². The average Bonchev–Trinajstić information content (AvgIpc) is 2.75. The summed E-state index contributed by atoms with van der Waals surface area (Å²) < 4.78 is 83.6. The molecule has 166 valence electrons. The summed E-state index contributed by atoms with van der Waals surface area (Å²) in [5, 5.41) is 0. The van der Waals surface area contributed by atoms with Crippen molar-refractivity contribution in [3.63, 3.8) is 0 Å². The largest absolute Gasteiger partial charge is 0.488 e. The van der Waals surface area contributed by atoms with Gasteiger partial charge < -0.3 is 4.74 Å². The number of carbonyl (C=O) groups excluding carboxylic acids is 1. The Morgan fingerprint density at radius 1 is 0.719 bits per heavy atom. The first-order valence-electron chi connectivity index (χ1n) is 9.30. The third-order valence-corrected chi connectivity index (χ3v) is 4.48. The summed E-state index contributed by atoms with van der Waals surface area (Å²) in [7, 11) is 0. The molecule has 0 heterocycles. The first-order chi connectivity index (χ1) is 15.1. The van der Waals surface area contributed by atoms with E-state index in [0.29, 0.717) is 29.7 Å². The highest BCUT2D eigenvalue weighted by Gasteiger charge is 2.36. The Balaban J connectivity index is 1.85. The first-order valence-corrected chi connectivity index (χ1v) is 9.30. The van der Waals surface area contributed by atoms with E-state index in [0.717, 1.165) is 11.6 Å². The fourth-order valence-electron chi connectivity index (χ4n) is 2.90. The number of alkyl halides is 6. The lowest BCUT2D eigenvalue weighted by Gasteiger charge is -2.13. The van der Waals surface area contributed by atoms with E-state index in [9.17, 15) is 31.1 Å². The summed E-state index contributed by atoms with van der Waals surface area (Å²) in [5.41, 5.74) is -1.58. The molecule has 0 N–H and O–H groups in total. The highest BCUT2D eigenvalue weighted by atomic mass is 19.4. The quantitative estimate of drug-likeness (QED) is 0.224. The lowest BCUT2D eigenvalue weighted by atomic mass is 10.0. The van der Waals surface area contributed by atoms with Crippen molar-refractivity contribution >= 4 is 18.4 Å². The molecule has 3 aromatic rings. The van der Waals surface area contributed by atoms with Gasteiger partial charge in [0, 0.05) is 0 Å². The molecule has 0 bridgehead atoms. The van der Waals surface area contributed by atoms with Crippen LogP contribution >= 0.6 is 0 Å². The number of halogens is 6. The Kier molecular flexibility index (Phi) is 6.72. The number of hydrogen-bond donors (Lipinski definition) is 0. The molecule has 0 amide bonds. The zero-order chi connectivity index (χ0) is 23.4. The average molecular weight is 450 g/mol. The van der Waals surface area contributed by atoms with E-state index >= 15 is 0 Å². The van der Waals surface area contributed by atoms with E-state index in [1.54, 1.807) is 6.07 Å². The van der Waals surface area contributed by atoms with Gasteiger partial charge in [-0.25, -0.2) is 0 Å². The van der Waals surface area contributed by atoms with Crippen LogP contribution in [-0.4, -0.2) is 6.29 Å². The normalized spacial score (nSPS) is 12.2. The van der Waals surface area contributed by atoms with E-state index in [-0.39, 0.29) is 23.8 Å². The van der Waals surface area contributed by atoms with Crippen LogP contribution in [0.1, 0.15) is 38.2 Å². The second kappa shape index (κ2) is 9.30. The summed E-state index contributed by atoms with van der Waals surface area (Å²) in [5.74, 6) is 0.305. The second-order valence-corrected chi connectivity index (χ2v) is 6.86. The van der Waals surface area contributed by atoms with Gasteiger partial charge in [-0.15, -0.1) is 0 Å². The smallest absolute Gasteiger partial charge is 0.416 e. The van der Waals surface area contributed by atoms with E-state index in [1.165, 1.54) is 18.2 Å². The molecule has 0 aliphatic heterocycles. The van der Waals surface area contributed by atoms with Crippen molar-refractivity contribution < 1.29 is 35.9 Å². The molecule has 0 radical (unpaired) electrons. The Labute approximate surface area is 179 Å². The van der Waals surface area contributed by atoms with Crippen LogP contribution in [0, 0.1) is 0 Å². The van der Waals surface area contributed by atoms with Gasteiger partial charge in [-0.1, -0.05) is 48.6 Å². The van der Waals surface area contributed by atoms with Gasteiger partial charge in [0.1, 0.15) is 12.4 Å². The van der Waals surface area contributed by atoms with Gasteiger partial charge in [-0.2, -0.15) is 26.3 Å². The van der Waals surface area contributed by atoms with Crippen LogP contribution in [0.15, 0.2) is 66.7 Å². The highest BCUT2D eigenvalue weighted by molar-refractivity contribution is 5.82. The third kappa shape index (κ3) is 6.00.